The van der Waals surface area contributed by atoms with Gasteiger partial charge in [0.1, 0.15) is 0 Å². The SMILES string of the molecule is CC.CC(C)N1CCCC(O)C(O)C1. The van der Waals surface area contributed by atoms with Crippen LogP contribution in [0.5, 0.6) is 0 Å². The van der Waals surface area contributed by atoms with Crippen LogP contribution in [0.4, 0.5) is 0 Å². The minimum Gasteiger partial charge on any atom is -0.390 e. The molecule has 0 aromatic carbocycles. The van der Waals surface area contributed by atoms with E-state index >= 15 is 0 Å². The third-order valence-electron chi connectivity index (χ3n) is 2.54. The number of hydrogen-bond acceptors (Lipinski definition) is 3. The van der Waals surface area contributed by atoms with Crippen LogP contribution in [-0.2, 0) is 0 Å². The Morgan fingerprint density at radius 1 is 1.14 bits per heavy atom. The summed E-state index contributed by atoms with van der Waals surface area (Å²) in [6.45, 7) is 9.83. The molecule has 86 valence electrons. The van der Waals surface area contributed by atoms with Crippen molar-refractivity contribution in [3.63, 3.8) is 0 Å². The van der Waals surface area contributed by atoms with E-state index in [0.29, 0.717) is 12.6 Å². The quantitative estimate of drug-likeness (QED) is 0.674. The van der Waals surface area contributed by atoms with Gasteiger partial charge in [0.05, 0.1) is 12.2 Å². The van der Waals surface area contributed by atoms with Crippen molar-refractivity contribution in [2.75, 3.05) is 13.1 Å². The smallest absolute Gasteiger partial charge is 0.0925 e. The van der Waals surface area contributed by atoms with Gasteiger partial charge in [-0.2, -0.15) is 0 Å². The molecule has 0 radical (unpaired) electrons. The van der Waals surface area contributed by atoms with E-state index in [2.05, 4.69) is 18.7 Å². The van der Waals surface area contributed by atoms with Crippen molar-refractivity contribution in [1.82, 2.24) is 4.90 Å². The van der Waals surface area contributed by atoms with E-state index in [1.54, 1.807) is 0 Å². The van der Waals surface area contributed by atoms with E-state index in [9.17, 15) is 10.2 Å². The van der Waals surface area contributed by atoms with Gasteiger partial charge in [-0.1, -0.05) is 13.8 Å². The van der Waals surface area contributed by atoms with Crippen molar-refractivity contribution in [2.45, 2.75) is 58.8 Å². The van der Waals surface area contributed by atoms with Crippen LogP contribution < -0.4 is 0 Å². The third-order valence-corrected chi connectivity index (χ3v) is 2.54. The Morgan fingerprint density at radius 3 is 2.21 bits per heavy atom. The summed E-state index contributed by atoms with van der Waals surface area (Å²) in [5.41, 5.74) is 0. The second-order valence-corrected chi connectivity index (χ2v) is 3.87. The van der Waals surface area contributed by atoms with Crippen LogP contribution in [0, 0.1) is 0 Å². The molecule has 3 heteroatoms. The normalized spacial score (nSPS) is 29.4. The summed E-state index contributed by atoms with van der Waals surface area (Å²) in [4.78, 5) is 2.21. The van der Waals surface area contributed by atoms with Gasteiger partial charge in [-0.05, 0) is 33.2 Å². The van der Waals surface area contributed by atoms with Crippen LogP contribution in [0.3, 0.4) is 0 Å². The Balaban J connectivity index is 0.000000791. The second-order valence-electron chi connectivity index (χ2n) is 3.87. The lowest BCUT2D eigenvalue weighted by atomic mass is 10.1. The highest BCUT2D eigenvalue weighted by Crippen LogP contribution is 2.13. The molecule has 1 rings (SSSR count). The number of aliphatic hydroxyl groups excluding tert-OH is 2. The lowest BCUT2D eigenvalue weighted by Crippen LogP contribution is -2.39. The predicted octanol–water partition coefficient (Wildman–Crippen LogP) is 1.24. The molecule has 0 aromatic rings. The summed E-state index contributed by atoms with van der Waals surface area (Å²) in [5.74, 6) is 0. The van der Waals surface area contributed by atoms with Crippen molar-refractivity contribution in [3.8, 4) is 0 Å². The molecule has 3 nitrogen and oxygen atoms in total. The molecule has 2 N–H and O–H groups in total. The average Bonchev–Trinajstić information content (AvgIpc) is 2.33. The second kappa shape index (κ2) is 7.21. The molecule has 1 heterocycles. The Hall–Kier alpha value is -0.120. The van der Waals surface area contributed by atoms with Crippen molar-refractivity contribution < 1.29 is 10.2 Å². The number of aliphatic hydroxyl groups is 2. The molecule has 1 aliphatic rings. The molecule has 2 unspecified atom stereocenters. The molecular formula is C11H25NO2. The maximum absolute atomic E-state index is 9.49. The van der Waals surface area contributed by atoms with E-state index in [0.717, 1.165) is 19.4 Å². The van der Waals surface area contributed by atoms with Crippen molar-refractivity contribution >= 4 is 0 Å². The maximum atomic E-state index is 9.49. The van der Waals surface area contributed by atoms with Crippen molar-refractivity contribution in [3.05, 3.63) is 0 Å². The highest BCUT2D eigenvalue weighted by atomic mass is 16.3. The fraction of sp³-hybridized carbons (Fsp3) is 1.00. The summed E-state index contributed by atoms with van der Waals surface area (Å²) in [5, 5.41) is 18.9. The zero-order valence-electron chi connectivity index (χ0n) is 9.90. The molecule has 14 heavy (non-hydrogen) atoms. The van der Waals surface area contributed by atoms with Crippen LogP contribution in [0.1, 0.15) is 40.5 Å². The predicted molar refractivity (Wildman–Crippen MR) is 59.3 cm³/mol. The lowest BCUT2D eigenvalue weighted by Gasteiger charge is -2.26. The first-order chi connectivity index (χ1) is 6.61. The van der Waals surface area contributed by atoms with Gasteiger partial charge in [-0.15, -0.1) is 0 Å². The molecule has 0 aliphatic carbocycles. The molecule has 1 aliphatic heterocycles. The molecule has 0 aromatic heterocycles. The number of hydrogen-bond donors (Lipinski definition) is 2. The number of nitrogens with zero attached hydrogens (tertiary/aromatic N) is 1. The van der Waals surface area contributed by atoms with Gasteiger partial charge in [0.15, 0.2) is 0 Å². The van der Waals surface area contributed by atoms with E-state index in [4.69, 9.17) is 0 Å². The van der Waals surface area contributed by atoms with Gasteiger partial charge in [-0.25, -0.2) is 0 Å². The van der Waals surface area contributed by atoms with Gasteiger partial charge >= 0.3 is 0 Å². The summed E-state index contributed by atoms with van der Waals surface area (Å²) in [7, 11) is 0. The molecule has 2 atom stereocenters. The topological polar surface area (TPSA) is 43.7 Å². The van der Waals surface area contributed by atoms with Gasteiger partial charge in [-0.3, -0.25) is 4.90 Å². The molecule has 0 saturated carbocycles. The highest BCUT2D eigenvalue weighted by molar-refractivity contribution is 4.78. The largest absolute Gasteiger partial charge is 0.390 e. The van der Waals surface area contributed by atoms with Crippen LogP contribution in [-0.4, -0.2) is 46.5 Å². The number of β-amino-alcohol motifs (C(OH)–C–C–N with tert-alkyl or cyclic N) is 1. The van der Waals surface area contributed by atoms with Crippen LogP contribution in [0.15, 0.2) is 0 Å². The standard InChI is InChI=1S/C9H19NO2.C2H6/c1-7(2)10-5-3-4-8(11)9(12)6-10;1-2/h7-9,11-12H,3-6H2,1-2H3;1-2H3. The monoisotopic (exact) mass is 203 g/mol. The van der Waals surface area contributed by atoms with Gasteiger partial charge < -0.3 is 10.2 Å². The summed E-state index contributed by atoms with van der Waals surface area (Å²) in [6, 6.07) is 0.463. The van der Waals surface area contributed by atoms with Crippen LogP contribution in [0.25, 0.3) is 0 Å². The molecule has 1 fully saturated rings. The Labute approximate surface area is 87.7 Å². The minimum absolute atomic E-state index is 0.463. The van der Waals surface area contributed by atoms with E-state index in [1.807, 2.05) is 13.8 Å². The third kappa shape index (κ3) is 4.40. The summed E-state index contributed by atoms with van der Waals surface area (Å²) < 4.78 is 0. The Morgan fingerprint density at radius 2 is 1.71 bits per heavy atom. The van der Waals surface area contributed by atoms with Gasteiger partial charge in [0, 0.05) is 12.6 Å². The first-order valence-electron chi connectivity index (χ1n) is 5.71. The zero-order valence-corrected chi connectivity index (χ0v) is 9.90. The Kier molecular flexibility index (Phi) is 7.15. The van der Waals surface area contributed by atoms with Crippen LogP contribution in [0.2, 0.25) is 0 Å². The van der Waals surface area contributed by atoms with E-state index in [-0.39, 0.29) is 0 Å². The first-order valence-corrected chi connectivity index (χ1v) is 5.71. The summed E-state index contributed by atoms with van der Waals surface area (Å²) in [6.07, 6.45) is 0.629. The van der Waals surface area contributed by atoms with Crippen molar-refractivity contribution in [1.29, 1.82) is 0 Å². The molecular weight excluding hydrogens is 178 g/mol. The highest BCUT2D eigenvalue weighted by Gasteiger charge is 2.24. The average molecular weight is 203 g/mol. The molecule has 1 saturated heterocycles. The van der Waals surface area contributed by atoms with Gasteiger partial charge in [0.2, 0.25) is 0 Å². The Bertz CT molecular complexity index is 139. The first kappa shape index (κ1) is 13.9. The van der Waals surface area contributed by atoms with Crippen molar-refractivity contribution in [2.24, 2.45) is 0 Å². The zero-order chi connectivity index (χ0) is 11.1. The maximum Gasteiger partial charge on any atom is 0.0925 e. The fourth-order valence-electron chi connectivity index (χ4n) is 1.62. The van der Waals surface area contributed by atoms with Gasteiger partial charge in [0.25, 0.3) is 0 Å². The number of likely N-dealkylation sites (tertiary alicyclic amines) is 1. The van der Waals surface area contributed by atoms with Crippen LogP contribution >= 0.6 is 0 Å². The van der Waals surface area contributed by atoms with E-state index in [1.165, 1.54) is 0 Å². The molecule has 0 spiro atoms. The number of rotatable bonds is 1. The molecule has 0 bridgehead atoms. The lowest BCUT2D eigenvalue weighted by molar-refractivity contribution is 0.00500. The van der Waals surface area contributed by atoms with E-state index < -0.39 is 12.2 Å². The summed E-state index contributed by atoms with van der Waals surface area (Å²) >= 11 is 0. The minimum atomic E-state index is -0.560. The molecule has 0 amide bonds. The fourth-order valence-corrected chi connectivity index (χ4v) is 1.62.